The van der Waals surface area contributed by atoms with Crippen LogP contribution >= 0.6 is 0 Å². The number of ketones is 2. The van der Waals surface area contributed by atoms with E-state index in [2.05, 4.69) is 10.2 Å². The number of benzene rings is 2. The van der Waals surface area contributed by atoms with Crippen LogP contribution in [0, 0.1) is 0 Å². The molecule has 0 amide bonds. The number of nitrogens with zero attached hydrogens (tertiary/aromatic N) is 1. The van der Waals surface area contributed by atoms with Crippen molar-refractivity contribution in [3.8, 4) is 5.75 Å². The van der Waals surface area contributed by atoms with Crippen molar-refractivity contribution in [1.82, 2.24) is 10.2 Å². The molecule has 3 rings (SSSR count). The smallest absolute Gasteiger partial charge is 0.163 e. The van der Waals surface area contributed by atoms with E-state index in [-0.39, 0.29) is 24.4 Å². The number of aromatic nitrogens is 2. The molecule has 0 spiro atoms. The quantitative estimate of drug-likeness (QED) is 0.677. The van der Waals surface area contributed by atoms with Crippen LogP contribution < -0.4 is 4.74 Å². The summed E-state index contributed by atoms with van der Waals surface area (Å²) in [5.74, 6) is 0.739. The summed E-state index contributed by atoms with van der Waals surface area (Å²) >= 11 is 0. The van der Waals surface area contributed by atoms with Gasteiger partial charge in [-0.05, 0) is 35.9 Å². The summed E-state index contributed by atoms with van der Waals surface area (Å²) < 4.78 is 5.15. The highest BCUT2D eigenvalue weighted by atomic mass is 16.5. The molecule has 0 atom stereocenters. The zero-order valence-electron chi connectivity index (χ0n) is 13.4. The second kappa shape index (κ2) is 7.08. The first-order valence-electron chi connectivity index (χ1n) is 7.76. The van der Waals surface area contributed by atoms with Crippen LogP contribution in [-0.4, -0.2) is 28.9 Å². The van der Waals surface area contributed by atoms with Gasteiger partial charge in [0, 0.05) is 30.2 Å². The monoisotopic (exact) mass is 322 g/mol. The average molecular weight is 322 g/mol. The van der Waals surface area contributed by atoms with E-state index in [1.54, 1.807) is 25.4 Å². The highest BCUT2D eigenvalue weighted by molar-refractivity contribution is 6.01. The molecule has 2 aromatic carbocycles. The summed E-state index contributed by atoms with van der Waals surface area (Å²) in [5.41, 5.74) is 2.39. The third-order valence-electron chi connectivity index (χ3n) is 3.93. The van der Waals surface area contributed by atoms with Gasteiger partial charge in [0.05, 0.1) is 18.8 Å². The predicted octanol–water partition coefficient (Wildman–Crippen LogP) is 3.35. The van der Waals surface area contributed by atoms with E-state index < -0.39 is 0 Å². The van der Waals surface area contributed by atoms with E-state index in [1.165, 1.54) is 0 Å². The number of nitrogens with one attached hydrogen (secondary N) is 1. The van der Waals surface area contributed by atoms with Gasteiger partial charge < -0.3 is 4.74 Å². The molecule has 0 fully saturated rings. The number of methoxy groups -OCH3 is 1. The number of hydrogen-bond donors (Lipinski definition) is 1. The van der Waals surface area contributed by atoms with E-state index in [0.717, 1.165) is 22.2 Å². The average Bonchev–Trinajstić information content (AvgIpc) is 3.07. The molecule has 5 nitrogen and oxygen atoms in total. The van der Waals surface area contributed by atoms with E-state index in [4.69, 9.17) is 4.74 Å². The van der Waals surface area contributed by atoms with Crippen molar-refractivity contribution in [2.75, 3.05) is 7.11 Å². The van der Waals surface area contributed by atoms with Gasteiger partial charge in [0.15, 0.2) is 5.78 Å². The number of H-pyrrole nitrogens is 1. The summed E-state index contributed by atoms with van der Waals surface area (Å²) in [6, 6.07) is 12.8. The Morgan fingerprint density at radius 1 is 1.12 bits per heavy atom. The molecule has 0 saturated carbocycles. The molecule has 3 aromatic rings. The minimum absolute atomic E-state index is 0.0305. The van der Waals surface area contributed by atoms with Gasteiger partial charge in [0.25, 0.3) is 0 Å². The van der Waals surface area contributed by atoms with Gasteiger partial charge in [-0.2, -0.15) is 5.10 Å². The molecule has 0 saturated heterocycles. The second-order valence-corrected chi connectivity index (χ2v) is 5.66. The van der Waals surface area contributed by atoms with Crippen LogP contribution in [0.25, 0.3) is 10.9 Å². The minimum atomic E-state index is -0.0305. The molecule has 0 aliphatic heterocycles. The molecule has 1 heterocycles. The van der Waals surface area contributed by atoms with Crippen molar-refractivity contribution in [3.63, 3.8) is 0 Å². The van der Waals surface area contributed by atoms with Gasteiger partial charge in [0.1, 0.15) is 11.5 Å². The van der Waals surface area contributed by atoms with Crippen molar-refractivity contribution in [3.05, 3.63) is 59.8 Å². The van der Waals surface area contributed by atoms with Gasteiger partial charge in [-0.15, -0.1) is 0 Å². The fourth-order valence-electron chi connectivity index (χ4n) is 2.61. The maximum absolute atomic E-state index is 12.3. The zero-order valence-corrected chi connectivity index (χ0v) is 13.4. The molecule has 1 N–H and O–H groups in total. The topological polar surface area (TPSA) is 72.1 Å². The lowest BCUT2D eigenvalue weighted by atomic mass is 10.0. The van der Waals surface area contributed by atoms with E-state index in [1.807, 2.05) is 30.3 Å². The molecule has 0 radical (unpaired) electrons. The fourth-order valence-corrected chi connectivity index (χ4v) is 2.61. The molecular weight excluding hydrogens is 304 g/mol. The first-order chi connectivity index (χ1) is 11.7. The third kappa shape index (κ3) is 3.68. The normalized spacial score (nSPS) is 10.7. The van der Waals surface area contributed by atoms with Gasteiger partial charge in [-0.3, -0.25) is 14.7 Å². The summed E-state index contributed by atoms with van der Waals surface area (Å²) in [7, 11) is 1.59. The Morgan fingerprint density at radius 2 is 2.00 bits per heavy atom. The first kappa shape index (κ1) is 15.9. The number of carbonyl (C=O) groups is 2. The Hall–Kier alpha value is -2.95. The van der Waals surface area contributed by atoms with Gasteiger partial charge in [0.2, 0.25) is 0 Å². The number of rotatable bonds is 7. The molecular formula is C19H18N2O3. The molecule has 5 heteroatoms. The lowest BCUT2D eigenvalue weighted by Crippen LogP contribution is -2.07. The number of ether oxygens (including phenoxy) is 1. The molecule has 24 heavy (non-hydrogen) atoms. The third-order valence-corrected chi connectivity index (χ3v) is 3.93. The van der Waals surface area contributed by atoms with Crippen molar-refractivity contribution in [1.29, 1.82) is 0 Å². The Balaban J connectivity index is 1.57. The molecule has 122 valence electrons. The largest absolute Gasteiger partial charge is 0.497 e. The fraction of sp³-hybridized carbons (Fsp3) is 0.211. The number of hydrogen-bond acceptors (Lipinski definition) is 4. The van der Waals surface area contributed by atoms with E-state index in [0.29, 0.717) is 12.0 Å². The van der Waals surface area contributed by atoms with Crippen LogP contribution in [-0.2, 0) is 11.2 Å². The first-order valence-corrected chi connectivity index (χ1v) is 7.76. The lowest BCUT2D eigenvalue weighted by Gasteiger charge is -2.04. The highest BCUT2D eigenvalue weighted by Crippen LogP contribution is 2.16. The number of carbonyl (C=O) groups excluding carboxylic acids is 2. The van der Waals surface area contributed by atoms with Crippen LogP contribution in [0.3, 0.4) is 0 Å². The molecule has 1 aromatic heterocycles. The maximum Gasteiger partial charge on any atom is 0.163 e. The van der Waals surface area contributed by atoms with Crippen LogP contribution in [0.15, 0.2) is 48.7 Å². The Morgan fingerprint density at radius 3 is 2.83 bits per heavy atom. The van der Waals surface area contributed by atoms with E-state index >= 15 is 0 Å². The van der Waals surface area contributed by atoms with Crippen LogP contribution in [0.1, 0.15) is 28.8 Å². The molecule has 0 aliphatic rings. The lowest BCUT2D eigenvalue weighted by molar-refractivity contribution is -0.118. The molecule has 0 bridgehead atoms. The highest BCUT2D eigenvalue weighted by Gasteiger charge is 2.11. The number of Topliss-reactive ketones (excluding diaryl/α,β-unsaturated/α-hetero) is 2. The SMILES string of the molecule is COc1cccc(CC(=O)CCC(=O)c2ccc3[nH]ncc3c2)c1. The van der Waals surface area contributed by atoms with Crippen molar-refractivity contribution in [2.24, 2.45) is 0 Å². The minimum Gasteiger partial charge on any atom is -0.497 e. The van der Waals surface area contributed by atoms with Crippen LogP contribution in [0.2, 0.25) is 0 Å². The molecule has 0 aliphatic carbocycles. The Kier molecular flexibility index (Phi) is 4.70. The summed E-state index contributed by atoms with van der Waals surface area (Å²) in [6.07, 6.45) is 2.44. The van der Waals surface area contributed by atoms with Crippen molar-refractivity contribution in [2.45, 2.75) is 19.3 Å². The predicted molar refractivity (Wildman–Crippen MR) is 91.4 cm³/mol. The summed E-state index contributed by atoms with van der Waals surface area (Å²) in [6.45, 7) is 0. The number of fused-ring (bicyclic) bond motifs is 1. The maximum atomic E-state index is 12.3. The van der Waals surface area contributed by atoms with Crippen LogP contribution in [0.5, 0.6) is 5.75 Å². The second-order valence-electron chi connectivity index (χ2n) is 5.66. The summed E-state index contributed by atoms with van der Waals surface area (Å²) in [5, 5.41) is 7.68. The standard InChI is InChI=1S/C19H18N2O3/c1-24-17-4-2-3-13(10-17)9-16(22)6-8-19(23)14-5-7-18-15(11-14)12-20-21-18/h2-5,7,10-12H,6,8-9H2,1H3,(H,20,21). The number of aromatic amines is 1. The Bertz CT molecular complexity index is 883. The van der Waals surface area contributed by atoms with Crippen molar-refractivity contribution < 1.29 is 14.3 Å². The summed E-state index contributed by atoms with van der Waals surface area (Å²) in [4.78, 5) is 24.4. The van der Waals surface area contributed by atoms with Gasteiger partial charge in [-0.25, -0.2) is 0 Å². The Labute approximate surface area is 139 Å². The van der Waals surface area contributed by atoms with Crippen LogP contribution in [0.4, 0.5) is 0 Å². The zero-order chi connectivity index (χ0) is 16.9. The molecule has 0 unspecified atom stereocenters. The van der Waals surface area contributed by atoms with Gasteiger partial charge >= 0.3 is 0 Å². The van der Waals surface area contributed by atoms with E-state index in [9.17, 15) is 9.59 Å². The van der Waals surface area contributed by atoms with Crippen molar-refractivity contribution >= 4 is 22.5 Å². The van der Waals surface area contributed by atoms with Gasteiger partial charge in [-0.1, -0.05) is 12.1 Å².